The van der Waals surface area contributed by atoms with Crippen molar-refractivity contribution < 1.29 is 9.59 Å². The summed E-state index contributed by atoms with van der Waals surface area (Å²) in [5.41, 5.74) is 1.52. The van der Waals surface area contributed by atoms with E-state index in [1.54, 1.807) is 29.2 Å². The topological polar surface area (TPSA) is 45.6 Å². The second kappa shape index (κ2) is 8.17. The van der Waals surface area contributed by atoms with Gasteiger partial charge in [-0.05, 0) is 51.0 Å². The van der Waals surface area contributed by atoms with Crippen LogP contribution < -0.4 is 0 Å². The van der Waals surface area contributed by atoms with Gasteiger partial charge in [-0.1, -0.05) is 23.7 Å². The van der Waals surface area contributed by atoms with Gasteiger partial charge in [-0.15, -0.1) is 0 Å². The van der Waals surface area contributed by atoms with E-state index in [0.717, 1.165) is 18.5 Å². The molecule has 1 aromatic carbocycles. The van der Waals surface area contributed by atoms with Crippen molar-refractivity contribution in [2.24, 2.45) is 7.05 Å². The molecule has 0 saturated heterocycles. The van der Waals surface area contributed by atoms with Gasteiger partial charge < -0.3 is 14.4 Å². The largest absolute Gasteiger partial charge is 0.353 e. The maximum absolute atomic E-state index is 13.1. The van der Waals surface area contributed by atoms with Crippen molar-refractivity contribution in [1.82, 2.24) is 14.4 Å². The lowest BCUT2D eigenvalue weighted by Gasteiger charge is -2.30. The van der Waals surface area contributed by atoms with Crippen LogP contribution in [0.25, 0.3) is 0 Å². The highest BCUT2D eigenvalue weighted by Gasteiger charge is 2.34. The Morgan fingerprint density at radius 3 is 2.44 bits per heavy atom. The number of hydrogen-bond acceptors (Lipinski definition) is 2. The summed E-state index contributed by atoms with van der Waals surface area (Å²) in [6.07, 6.45) is 4.03. The molecule has 1 aliphatic rings. The Balaban J connectivity index is 1.76. The number of halogens is 1. The highest BCUT2D eigenvalue weighted by atomic mass is 35.5. The number of aromatic nitrogens is 1. The Labute approximate surface area is 165 Å². The van der Waals surface area contributed by atoms with Gasteiger partial charge in [0.1, 0.15) is 6.54 Å². The van der Waals surface area contributed by atoms with E-state index in [2.05, 4.69) is 0 Å². The summed E-state index contributed by atoms with van der Waals surface area (Å²) in [5, 5.41) is 0.406. The summed E-state index contributed by atoms with van der Waals surface area (Å²) in [4.78, 5) is 29.6. The van der Waals surface area contributed by atoms with Gasteiger partial charge in [-0.25, -0.2) is 0 Å². The SMILES string of the molecule is CC(C)N(CC(=O)N(Cc1cccn1C)C1CC1)C(=O)c1ccccc1Cl. The van der Waals surface area contributed by atoms with E-state index >= 15 is 0 Å². The second-order valence-electron chi connectivity index (χ2n) is 7.37. The summed E-state index contributed by atoms with van der Waals surface area (Å²) in [7, 11) is 1.98. The Morgan fingerprint density at radius 2 is 1.89 bits per heavy atom. The first-order chi connectivity index (χ1) is 12.9. The predicted octanol–water partition coefficient (Wildman–Crippen LogP) is 3.72. The monoisotopic (exact) mass is 387 g/mol. The van der Waals surface area contributed by atoms with Crippen LogP contribution >= 0.6 is 11.6 Å². The summed E-state index contributed by atoms with van der Waals surface area (Å²) in [6.45, 7) is 4.46. The zero-order valence-corrected chi connectivity index (χ0v) is 16.8. The van der Waals surface area contributed by atoms with Crippen molar-refractivity contribution in [3.05, 3.63) is 58.9 Å². The summed E-state index contributed by atoms with van der Waals surface area (Å²) in [6, 6.07) is 11.1. The van der Waals surface area contributed by atoms with Gasteiger partial charge in [0.05, 0.1) is 17.1 Å². The van der Waals surface area contributed by atoms with Gasteiger partial charge in [0.2, 0.25) is 5.91 Å². The smallest absolute Gasteiger partial charge is 0.256 e. The molecule has 1 saturated carbocycles. The molecule has 2 amide bonds. The van der Waals surface area contributed by atoms with Crippen LogP contribution in [0.5, 0.6) is 0 Å². The van der Waals surface area contributed by atoms with E-state index in [-0.39, 0.29) is 30.4 Å². The standard InChI is InChI=1S/C21H26ClN3O2/c1-15(2)24(21(27)18-8-4-5-9-19(18)22)14-20(26)25(16-10-11-16)13-17-7-6-12-23(17)3/h4-9,12,15-16H,10-11,13-14H2,1-3H3. The molecule has 1 fully saturated rings. The summed E-state index contributed by atoms with van der Waals surface area (Å²) < 4.78 is 2.03. The molecule has 0 unspecified atom stereocenters. The van der Waals surface area contributed by atoms with Crippen molar-refractivity contribution in [1.29, 1.82) is 0 Å². The van der Waals surface area contributed by atoms with Crippen LogP contribution in [0.1, 0.15) is 42.7 Å². The minimum Gasteiger partial charge on any atom is -0.353 e. The van der Waals surface area contributed by atoms with Crippen molar-refractivity contribution in [3.8, 4) is 0 Å². The molecule has 1 heterocycles. The van der Waals surface area contributed by atoms with E-state index in [4.69, 9.17) is 11.6 Å². The lowest BCUT2D eigenvalue weighted by Crippen LogP contribution is -2.46. The van der Waals surface area contributed by atoms with Crippen molar-refractivity contribution >= 4 is 23.4 Å². The predicted molar refractivity (Wildman–Crippen MR) is 107 cm³/mol. The third kappa shape index (κ3) is 4.53. The van der Waals surface area contributed by atoms with Crippen LogP contribution in [0.3, 0.4) is 0 Å². The number of hydrogen-bond donors (Lipinski definition) is 0. The van der Waals surface area contributed by atoms with Crippen LogP contribution in [-0.4, -0.2) is 44.8 Å². The summed E-state index contributed by atoms with van der Waals surface area (Å²) >= 11 is 6.19. The molecular weight excluding hydrogens is 362 g/mol. The molecule has 144 valence electrons. The van der Waals surface area contributed by atoms with Crippen LogP contribution in [0.2, 0.25) is 5.02 Å². The fourth-order valence-electron chi connectivity index (χ4n) is 3.16. The van der Waals surface area contributed by atoms with Gasteiger partial charge >= 0.3 is 0 Å². The number of nitrogens with zero attached hydrogens (tertiary/aromatic N) is 3. The minimum atomic E-state index is -0.210. The molecule has 1 aliphatic carbocycles. The molecule has 0 aliphatic heterocycles. The second-order valence-corrected chi connectivity index (χ2v) is 7.78. The molecule has 0 N–H and O–H groups in total. The molecule has 3 rings (SSSR count). The van der Waals surface area contributed by atoms with Crippen LogP contribution in [0, 0.1) is 0 Å². The lowest BCUT2D eigenvalue weighted by molar-refractivity contribution is -0.133. The zero-order valence-electron chi connectivity index (χ0n) is 16.1. The third-order valence-corrected chi connectivity index (χ3v) is 5.32. The minimum absolute atomic E-state index is 0.0206. The quantitative estimate of drug-likeness (QED) is 0.726. The van der Waals surface area contributed by atoms with Gasteiger partial charge in [-0.2, -0.15) is 0 Å². The van der Waals surface area contributed by atoms with Gasteiger partial charge in [0.15, 0.2) is 0 Å². The van der Waals surface area contributed by atoms with Crippen LogP contribution in [0.15, 0.2) is 42.6 Å². The fourth-order valence-corrected chi connectivity index (χ4v) is 3.37. The first-order valence-corrected chi connectivity index (χ1v) is 9.71. The number of benzene rings is 1. The zero-order chi connectivity index (χ0) is 19.6. The van der Waals surface area contributed by atoms with Gasteiger partial charge in [0.25, 0.3) is 5.91 Å². The van der Waals surface area contributed by atoms with E-state index in [0.29, 0.717) is 17.1 Å². The first-order valence-electron chi connectivity index (χ1n) is 9.33. The van der Waals surface area contributed by atoms with E-state index in [1.807, 2.05) is 48.7 Å². The molecular formula is C21H26ClN3O2. The summed E-state index contributed by atoms with van der Waals surface area (Å²) in [5.74, 6) is -0.230. The highest BCUT2D eigenvalue weighted by Crippen LogP contribution is 2.29. The lowest BCUT2D eigenvalue weighted by atomic mass is 10.1. The Bertz CT molecular complexity index is 826. The molecule has 0 bridgehead atoms. The number of carbonyl (C=O) groups excluding carboxylic acids is 2. The van der Waals surface area contributed by atoms with E-state index in [9.17, 15) is 9.59 Å². The average Bonchev–Trinajstić information content (AvgIpc) is 3.39. The molecule has 1 aromatic heterocycles. The van der Waals surface area contributed by atoms with Crippen LogP contribution in [-0.2, 0) is 18.4 Å². The van der Waals surface area contributed by atoms with Crippen molar-refractivity contribution in [3.63, 3.8) is 0 Å². The van der Waals surface area contributed by atoms with Gasteiger partial charge in [0, 0.05) is 31.0 Å². The molecule has 6 heteroatoms. The van der Waals surface area contributed by atoms with E-state index in [1.165, 1.54) is 0 Å². The van der Waals surface area contributed by atoms with Gasteiger partial charge in [-0.3, -0.25) is 9.59 Å². The molecule has 0 atom stereocenters. The fraction of sp³-hybridized carbons (Fsp3) is 0.429. The normalized spacial score (nSPS) is 13.7. The maximum Gasteiger partial charge on any atom is 0.256 e. The number of aryl methyl sites for hydroxylation is 1. The molecule has 2 aromatic rings. The number of carbonyl (C=O) groups is 2. The first kappa shape index (κ1) is 19.5. The van der Waals surface area contributed by atoms with Crippen molar-refractivity contribution in [2.75, 3.05) is 6.54 Å². The molecule has 27 heavy (non-hydrogen) atoms. The maximum atomic E-state index is 13.1. The van der Waals surface area contributed by atoms with Crippen LogP contribution in [0.4, 0.5) is 0 Å². The Hall–Kier alpha value is -2.27. The Kier molecular flexibility index (Phi) is 5.90. The average molecular weight is 388 g/mol. The van der Waals surface area contributed by atoms with E-state index < -0.39 is 0 Å². The molecule has 0 spiro atoms. The number of amides is 2. The van der Waals surface area contributed by atoms with Crippen molar-refractivity contribution in [2.45, 2.75) is 45.3 Å². The Morgan fingerprint density at radius 1 is 1.19 bits per heavy atom. The highest BCUT2D eigenvalue weighted by molar-refractivity contribution is 6.33. The molecule has 0 radical (unpaired) electrons. The molecule has 5 nitrogen and oxygen atoms in total. The third-order valence-electron chi connectivity index (χ3n) is 4.99. The number of rotatable bonds is 7.